The second kappa shape index (κ2) is 7.09. The van der Waals surface area contributed by atoms with E-state index in [1.807, 2.05) is 13.0 Å². The van der Waals surface area contributed by atoms with Crippen molar-refractivity contribution >= 4 is 5.91 Å². The number of carbonyl (C=O) groups is 1. The lowest BCUT2D eigenvalue weighted by atomic mass is 10.2. The minimum Gasteiger partial charge on any atom is -0.366 e. The number of aromatic nitrogens is 6. The number of amides is 1. The Balaban J connectivity index is 1.64. The second-order valence-corrected chi connectivity index (χ2v) is 6.08. The first-order valence-corrected chi connectivity index (χ1v) is 8.12. The molecule has 0 radical (unpaired) electrons. The highest BCUT2D eigenvalue weighted by Crippen LogP contribution is 2.19. The molecule has 0 aromatic carbocycles. The van der Waals surface area contributed by atoms with E-state index in [0.717, 1.165) is 5.69 Å². The monoisotopic (exact) mass is 347 g/mol. The molecule has 0 aliphatic carbocycles. The lowest BCUT2D eigenvalue weighted by Crippen LogP contribution is -2.43. The van der Waals surface area contributed by atoms with Crippen LogP contribution in [-0.4, -0.2) is 60.3 Å². The Labute approximate surface area is 144 Å². The summed E-state index contributed by atoms with van der Waals surface area (Å²) in [6, 6.07) is 1.83. The lowest BCUT2D eigenvalue weighted by molar-refractivity contribution is -0.139. The van der Waals surface area contributed by atoms with E-state index in [0.29, 0.717) is 37.8 Å². The normalized spacial score (nSPS) is 17.7. The summed E-state index contributed by atoms with van der Waals surface area (Å²) in [4.78, 5) is 30.2. The highest BCUT2D eigenvalue weighted by molar-refractivity contribution is 5.76. The van der Waals surface area contributed by atoms with Crippen molar-refractivity contribution in [3.05, 3.63) is 33.8 Å². The van der Waals surface area contributed by atoms with Crippen LogP contribution < -0.4 is 5.69 Å². The number of carbonyl (C=O) groups excluding carboxylic acids is 1. The highest BCUT2D eigenvalue weighted by Gasteiger charge is 2.28. The van der Waals surface area contributed by atoms with Gasteiger partial charge in [0.2, 0.25) is 5.91 Å². The van der Waals surface area contributed by atoms with Gasteiger partial charge in [-0.25, -0.2) is 9.48 Å². The molecular weight excluding hydrogens is 326 g/mol. The molecule has 2 aromatic rings. The Bertz CT molecular complexity index is 829. The minimum atomic E-state index is -0.344. The second-order valence-electron chi connectivity index (χ2n) is 6.08. The lowest BCUT2D eigenvalue weighted by Gasteiger charge is -2.32. The van der Waals surface area contributed by atoms with Crippen LogP contribution in [0.1, 0.15) is 29.7 Å². The minimum absolute atomic E-state index is 0.0321. The Morgan fingerprint density at radius 3 is 2.88 bits per heavy atom. The average Bonchev–Trinajstić information content (AvgIpc) is 3.00. The Kier molecular flexibility index (Phi) is 4.88. The first-order valence-electron chi connectivity index (χ1n) is 8.12. The number of morpholine rings is 1. The molecule has 1 fully saturated rings. The van der Waals surface area contributed by atoms with E-state index in [4.69, 9.17) is 4.74 Å². The summed E-state index contributed by atoms with van der Waals surface area (Å²) >= 11 is 0. The molecule has 25 heavy (non-hydrogen) atoms. The van der Waals surface area contributed by atoms with Crippen molar-refractivity contribution in [3.8, 4) is 0 Å². The summed E-state index contributed by atoms with van der Waals surface area (Å²) < 4.78 is 8.74. The Hall–Kier alpha value is -2.62. The molecule has 1 amide bonds. The van der Waals surface area contributed by atoms with Gasteiger partial charge in [0.15, 0.2) is 5.82 Å². The zero-order chi connectivity index (χ0) is 18.0. The highest BCUT2D eigenvalue weighted by atomic mass is 16.5. The number of hydrogen-bond donors (Lipinski definition) is 0. The van der Waals surface area contributed by atoms with E-state index in [1.54, 1.807) is 23.6 Å². The summed E-state index contributed by atoms with van der Waals surface area (Å²) in [6.45, 7) is 5.26. The van der Waals surface area contributed by atoms with Gasteiger partial charge in [0, 0.05) is 37.9 Å². The van der Waals surface area contributed by atoms with Gasteiger partial charge < -0.3 is 9.64 Å². The third kappa shape index (κ3) is 3.73. The zero-order valence-corrected chi connectivity index (χ0v) is 14.5. The quantitative estimate of drug-likeness (QED) is 0.725. The first-order chi connectivity index (χ1) is 12.0. The first kappa shape index (κ1) is 17.2. The van der Waals surface area contributed by atoms with E-state index in [1.165, 1.54) is 4.57 Å². The summed E-state index contributed by atoms with van der Waals surface area (Å²) in [6.07, 6.45) is -0.113. The fraction of sp³-hybridized carbons (Fsp3) is 0.600. The molecule has 0 saturated carbocycles. The molecule has 0 bridgehead atoms. The molecule has 0 spiro atoms. The van der Waals surface area contributed by atoms with Crippen molar-refractivity contribution in [2.75, 3.05) is 19.7 Å². The van der Waals surface area contributed by atoms with Gasteiger partial charge in [-0.3, -0.25) is 9.36 Å². The molecule has 1 aliphatic heterocycles. The van der Waals surface area contributed by atoms with E-state index < -0.39 is 0 Å². The maximum absolute atomic E-state index is 12.5. The standard InChI is InChI=1S/C15H21N7O3/c1-10-8-11(2)22(15(24)16-10)5-4-13(23)21-6-7-25-12(9-21)14-17-18-19-20(14)3/h8,12H,4-7,9H2,1-3H3. The third-order valence-electron chi connectivity index (χ3n) is 4.26. The molecule has 1 unspecified atom stereocenters. The van der Waals surface area contributed by atoms with Crippen LogP contribution in [0, 0.1) is 13.8 Å². The van der Waals surface area contributed by atoms with Crippen molar-refractivity contribution in [1.29, 1.82) is 0 Å². The smallest absolute Gasteiger partial charge is 0.347 e. The number of hydrogen-bond acceptors (Lipinski definition) is 7. The van der Waals surface area contributed by atoms with Gasteiger partial charge in [-0.1, -0.05) is 0 Å². The number of aryl methyl sites for hydroxylation is 3. The maximum atomic E-state index is 12.5. The number of rotatable bonds is 4. The summed E-state index contributed by atoms with van der Waals surface area (Å²) in [5, 5.41) is 11.3. The van der Waals surface area contributed by atoms with Crippen molar-refractivity contribution in [2.45, 2.75) is 32.9 Å². The summed E-state index contributed by atoms with van der Waals surface area (Å²) in [5.74, 6) is 0.558. The van der Waals surface area contributed by atoms with Gasteiger partial charge in [0.25, 0.3) is 0 Å². The Morgan fingerprint density at radius 1 is 1.40 bits per heavy atom. The van der Waals surface area contributed by atoms with Gasteiger partial charge in [0.1, 0.15) is 6.10 Å². The SMILES string of the molecule is Cc1cc(C)n(CCC(=O)N2CCOC(c3nnnn3C)C2)c(=O)n1. The van der Waals surface area contributed by atoms with Crippen LogP contribution in [-0.2, 0) is 23.1 Å². The number of ether oxygens (including phenoxy) is 1. The van der Waals surface area contributed by atoms with Crippen LogP contribution in [0.15, 0.2) is 10.9 Å². The van der Waals surface area contributed by atoms with Gasteiger partial charge in [-0.15, -0.1) is 5.10 Å². The van der Waals surface area contributed by atoms with E-state index in [9.17, 15) is 9.59 Å². The van der Waals surface area contributed by atoms with Crippen molar-refractivity contribution < 1.29 is 9.53 Å². The molecule has 10 nitrogen and oxygen atoms in total. The zero-order valence-electron chi connectivity index (χ0n) is 14.5. The predicted molar refractivity (Wildman–Crippen MR) is 86.7 cm³/mol. The molecule has 2 aromatic heterocycles. The molecule has 10 heteroatoms. The van der Waals surface area contributed by atoms with Gasteiger partial charge in [-0.05, 0) is 30.3 Å². The van der Waals surface area contributed by atoms with Crippen LogP contribution in [0.5, 0.6) is 0 Å². The molecule has 1 atom stereocenters. The number of tetrazole rings is 1. The molecule has 1 saturated heterocycles. The molecule has 134 valence electrons. The number of nitrogens with zero attached hydrogens (tertiary/aromatic N) is 7. The average molecular weight is 347 g/mol. The van der Waals surface area contributed by atoms with Crippen LogP contribution in [0.3, 0.4) is 0 Å². The van der Waals surface area contributed by atoms with E-state index in [2.05, 4.69) is 20.5 Å². The predicted octanol–water partition coefficient (Wildman–Crippen LogP) is -0.626. The molecule has 1 aliphatic rings. The van der Waals surface area contributed by atoms with Crippen LogP contribution >= 0.6 is 0 Å². The largest absolute Gasteiger partial charge is 0.366 e. The maximum Gasteiger partial charge on any atom is 0.347 e. The van der Waals surface area contributed by atoms with Crippen molar-refractivity contribution in [2.24, 2.45) is 7.05 Å². The fourth-order valence-corrected chi connectivity index (χ4v) is 2.95. The summed E-state index contributed by atoms with van der Waals surface area (Å²) in [7, 11) is 1.74. The molecule has 3 heterocycles. The summed E-state index contributed by atoms with van der Waals surface area (Å²) in [5.41, 5.74) is 1.16. The van der Waals surface area contributed by atoms with Crippen LogP contribution in [0.25, 0.3) is 0 Å². The molecular formula is C15H21N7O3. The molecule has 0 N–H and O–H groups in total. The topological polar surface area (TPSA) is 108 Å². The Morgan fingerprint density at radius 2 is 2.20 bits per heavy atom. The van der Waals surface area contributed by atoms with Crippen molar-refractivity contribution in [3.63, 3.8) is 0 Å². The molecule has 3 rings (SSSR count). The third-order valence-corrected chi connectivity index (χ3v) is 4.26. The van der Waals surface area contributed by atoms with Gasteiger partial charge >= 0.3 is 5.69 Å². The van der Waals surface area contributed by atoms with Crippen LogP contribution in [0.4, 0.5) is 0 Å². The van der Waals surface area contributed by atoms with Gasteiger partial charge in [0.05, 0.1) is 13.2 Å². The van der Waals surface area contributed by atoms with Gasteiger partial charge in [-0.2, -0.15) is 4.98 Å². The fourth-order valence-electron chi connectivity index (χ4n) is 2.95. The van der Waals surface area contributed by atoms with E-state index in [-0.39, 0.29) is 24.1 Å². The van der Waals surface area contributed by atoms with Crippen LogP contribution in [0.2, 0.25) is 0 Å². The van der Waals surface area contributed by atoms with Crippen molar-refractivity contribution in [1.82, 2.24) is 34.7 Å². The van der Waals surface area contributed by atoms with E-state index >= 15 is 0 Å².